The van der Waals surface area contributed by atoms with Gasteiger partial charge in [0.2, 0.25) is 0 Å². The van der Waals surface area contributed by atoms with Crippen LogP contribution in [0.5, 0.6) is 11.5 Å². The highest BCUT2D eigenvalue weighted by Gasteiger charge is 2.51. The van der Waals surface area contributed by atoms with Crippen molar-refractivity contribution in [1.29, 1.82) is 0 Å². The number of methoxy groups -OCH3 is 2. The molecule has 1 heterocycles. The van der Waals surface area contributed by atoms with Crippen LogP contribution in [0.15, 0.2) is 48.5 Å². The van der Waals surface area contributed by atoms with E-state index >= 15 is 0 Å². The molecule has 0 bridgehead atoms. The maximum atomic E-state index is 6.41. The van der Waals surface area contributed by atoms with Gasteiger partial charge < -0.3 is 15.2 Å². The average molecular weight is 367 g/mol. The third kappa shape index (κ3) is 3.32. The van der Waals surface area contributed by atoms with Crippen molar-refractivity contribution in [1.82, 2.24) is 4.90 Å². The van der Waals surface area contributed by atoms with Crippen molar-refractivity contribution in [2.24, 2.45) is 5.73 Å². The number of likely N-dealkylation sites (tertiary alicyclic amines) is 1. The van der Waals surface area contributed by atoms with E-state index in [9.17, 15) is 0 Å². The average Bonchev–Trinajstić information content (AvgIpc) is 3.07. The predicted octanol–water partition coefficient (Wildman–Crippen LogP) is 3.73. The Morgan fingerprint density at radius 1 is 1.04 bits per heavy atom. The minimum atomic E-state index is 0.157. The number of ether oxygens (including phenoxy) is 2. The van der Waals surface area contributed by atoms with E-state index in [1.165, 1.54) is 17.5 Å². The van der Waals surface area contributed by atoms with E-state index in [2.05, 4.69) is 47.4 Å². The fourth-order valence-corrected chi connectivity index (χ4v) is 5.16. The Bertz CT molecular complexity index is 779. The van der Waals surface area contributed by atoms with E-state index < -0.39 is 0 Å². The fraction of sp³-hybridized carbons (Fsp3) is 0.478. The second-order valence-electron chi connectivity index (χ2n) is 7.98. The number of rotatable bonds is 5. The Balaban J connectivity index is 1.67. The molecule has 0 unspecified atom stereocenters. The first kappa shape index (κ1) is 18.3. The molecule has 2 aliphatic rings. The van der Waals surface area contributed by atoms with Crippen molar-refractivity contribution in [2.75, 3.05) is 20.8 Å². The van der Waals surface area contributed by atoms with Crippen LogP contribution in [0.4, 0.5) is 0 Å². The summed E-state index contributed by atoms with van der Waals surface area (Å²) in [6.45, 7) is 2.11. The number of benzene rings is 2. The molecule has 2 N–H and O–H groups in total. The zero-order valence-corrected chi connectivity index (χ0v) is 16.4. The molecule has 3 atom stereocenters. The summed E-state index contributed by atoms with van der Waals surface area (Å²) in [5.74, 6) is 1.61. The van der Waals surface area contributed by atoms with Gasteiger partial charge in [0, 0.05) is 24.0 Å². The molecule has 27 heavy (non-hydrogen) atoms. The van der Waals surface area contributed by atoms with E-state index in [-0.39, 0.29) is 5.41 Å². The summed E-state index contributed by atoms with van der Waals surface area (Å²) in [7, 11) is 3.40. The molecule has 0 amide bonds. The van der Waals surface area contributed by atoms with Crippen LogP contribution in [0.25, 0.3) is 0 Å². The van der Waals surface area contributed by atoms with Crippen LogP contribution in [0.2, 0.25) is 0 Å². The fourth-order valence-electron chi connectivity index (χ4n) is 5.16. The van der Waals surface area contributed by atoms with Crippen molar-refractivity contribution in [3.63, 3.8) is 0 Å². The monoisotopic (exact) mass is 366 g/mol. The van der Waals surface area contributed by atoms with E-state index in [4.69, 9.17) is 15.2 Å². The van der Waals surface area contributed by atoms with Gasteiger partial charge in [-0.25, -0.2) is 0 Å². The van der Waals surface area contributed by atoms with Crippen LogP contribution in [0.1, 0.15) is 36.8 Å². The molecule has 4 nitrogen and oxygen atoms in total. The van der Waals surface area contributed by atoms with Crippen LogP contribution in [0.3, 0.4) is 0 Å². The molecule has 2 aromatic carbocycles. The topological polar surface area (TPSA) is 47.7 Å². The second kappa shape index (κ2) is 7.53. The van der Waals surface area contributed by atoms with Gasteiger partial charge in [0.15, 0.2) is 11.5 Å². The lowest BCUT2D eigenvalue weighted by atomic mass is 9.65. The number of hydrogen-bond acceptors (Lipinski definition) is 4. The van der Waals surface area contributed by atoms with E-state index in [0.717, 1.165) is 43.9 Å². The Kier molecular flexibility index (Phi) is 5.11. The largest absolute Gasteiger partial charge is 0.493 e. The number of nitrogens with two attached hydrogens (primary N) is 1. The molecule has 2 aromatic rings. The van der Waals surface area contributed by atoms with Gasteiger partial charge in [-0.3, -0.25) is 4.90 Å². The van der Waals surface area contributed by atoms with E-state index in [1.807, 2.05) is 6.07 Å². The van der Waals surface area contributed by atoms with Crippen molar-refractivity contribution >= 4 is 0 Å². The molecule has 4 rings (SSSR count). The highest BCUT2D eigenvalue weighted by atomic mass is 16.5. The summed E-state index contributed by atoms with van der Waals surface area (Å²) in [6, 6.07) is 18.0. The first-order chi connectivity index (χ1) is 13.2. The third-order valence-corrected chi connectivity index (χ3v) is 6.60. The summed E-state index contributed by atoms with van der Waals surface area (Å²) >= 11 is 0. The van der Waals surface area contributed by atoms with Gasteiger partial charge in [0.05, 0.1) is 14.2 Å². The highest BCUT2D eigenvalue weighted by molar-refractivity contribution is 5.46. The van der Waals surface area contributed by atoms with Crippen LogP contribution in [-0.2, 0) is 12.0 Å². The molecule has 0 aromatic heterocycles. The van der Waals surface area contributed by atoms with Crippen molar-refractivity contribution in [2.45, 2.75) is 49.7 Å². The van der Waals surface area contributed by atoms with Gasteiger partial charge in [-0.2, -0.15) is 0 Å². The minimum absolute atomic E-state index is 0.157. The third-order valence-electron chi connectivity index (χ3n) is 6.60. The van der Waals surface area contributed by atoms with Crippen molar-refractivity contribution < 1.29 is 9.47 Å². The second-order valence-corrected chi connectivity index (χ2v) is 7.98. The Labute approximate surface area is 162 Å². The standard InChI is InChI=1S/C23H30N2O2/c1-26-20-9-8-18(14-21(20)27-2)23-11-10-19(24)15-22(23)25(13-12-23)16-17-6-4-3-5-7-17/h3-9,14,19,22H,10-13,15-16,24H2,1-2H3/t19-,22+,23-/m0/s1. The maximum absolute atomic E-state index is 6.41. The van der Waals surface area contributed by atoms with Crippen LogP contribution in [0, 0.1) is 0 Å². The van der Waals surface area contributed by atoms with Gasteiger partial charge in [0.1, 0.15) is 0 Å². The zero-order chi connectivity index (χ0) is 18.9. The summed E-state index contributed by atoms with van der Waals surface area (Å²) in [6.07, 6.45) is 4.46. The van der Waals surface area contributed by atoms with E-state index in [0.29, 0.717) is 12.1 Å². The summed E-state index contributed by atoms with van der Waals surface area (Å²) in [4.78, 5) is 2.64. The molecular weight excluding hydrogens is 336 g/mol. The highest BCUT2D eigenvalue weighted by Crippen LogP contribution is 2.50. The molecule has 1 aliphatic heterocycles. The molecule has 0 radical (unpaired) electrons. The number of fused-ring (bicyclic) bond motifs is 1. The lowest BCUT2D eigenvalue weighted by Gasteiger charge is -2.44. The molecule has 0 spiro atoms. The minimum Gasteiger partial charge on any atom is -0.493 e. The molecular formula is C23H30N2O2. The zero-order valence-electron chi connectivity index (χ0n) is 16.4. The smallest absolute Gasteiger partial charge is 0.161 e. The number of hydrogen-bond donors (Lipinski definition) is 1. The van der Waals surface area contributed by atoms with Crippen LogP contribution < -0.4 is 15.2 Å². The van der Waals surface area contributed by atoms with Crippen molar-refractivity contribution in [3.8, 4) is 11.5 Å². The molecule has 1 saturated carbocycles. The Morgan fingerprint density at radius 3 is 2.56 bits per heavy atom. The SMILES string of the molecule is COc1ccc([C@@]23CC[C@H](N)C[C@H]2N(Cc2ccccc2)CC3)cc1OC. The molecule has 144 valence electrons. The quantitative estimate of drug-likeness (QED) is 0.876. The number of nitrogens with zero attached hydrogens (tertiary/aromatic N) is 1. The normalized spacial score (nSPS) is 28.0. The first-order valence-corrected chi connectivity index (χ1v) is 9.92. The van der Waals surface area contributed by atoms with Gasteiger partial charge in [-0.15, -0.1) is 0 Å². The van der Waals surface area contributed by atoms with Gasteiger partial charge in [0.25, 0.3) is 0 Å². The van der Waals surface area contributed by atoms with Crippen LogP contribution >= 0.6 is 0 Å². The van der Waals surface area contributed by atoms with Crippen LogP contribution in [-0.4, -0.2) is 37.7 Å². The Hall–Kier alpha value is -2.04. The molecule has 1 saturated heterocycles. The summed E-state index contributed by atoms with van der Waals surface area (Å²) in [5, 5.41) is 0. The first-order valence-electron chi connectivity index (χ1n) is 9.92. The lowest BCUT2D eigenvalue weighted by molar-refractivity contribution is 0.139. The maximum Gasteiger partial charge on any atom is 0.161 e. The molecule has 4 heteroatoms. The van der Waals surface area contributed by atoms with Gasteiger partial charge >= 0.3 is 0 Å². The Morgan fingerprint density at radius 2 is 1.81 bits per heavy atom. The molecule has 2 fully saturated rings. The van der Waals surface area contributed by atoms with Crippen molar-refractivity contribution in [3.05, 3.63) is 59.7 Å². The predicted molar refractivity (Wildman–Crippen MR) is 108 cm³/mol. The van der Waals surface area contributed by atoms with Gasteiger partial charge in [-0.1, -0.05) is 36.4 Å². The lowest BCUT2D eigenvalue weighted by Crippen LogP contribution is -2.50. The molecule has 1 aliphatic carbocycles. The van der Waals surface area contributed by atoms with E-state index in [1.54, 1.807) is 14.2 Å². The summed E-state index contributed by atoms with van der Waals surface area (Å²) in [5.41, 5.74) is 9.31. The summed E-state index contributed by atoms with van der Waals surface area (Å²) < 4.78 is 11.0. The van der Waals surface area contributed by atoms with Gasteiger partial charge in [-0.05, 0) is 55.5 Å².